The Morgan fingerprint density at radius 1 is 1.25 bits per heavy atom. The molecule has 3 N–H and O–H groups in total. The lowest BCUT2D eigenvalue weighted by Crippen LogP contribution is -2.36. The third-order valence-corrected chi connectivity index (χ3v) is 4.16. The molecular weight excluding hydrogens is 276 g/mol. The fourth-order valence-electron chi connectivity index (χ4n) is 2.17. The molecule has 1 heterocycles. The van der Waals surface area contributed by atoms with Gasteiger partial charge in [0.15, 0.2) is 0 Å². The van der Waals surface area contributed by atoms with Crippen LogP contribution < -0.4 is 10.6 Å². The first-order valence-electron chi connectivity index (χ1n) is 6.68. The van der Waals surface area contributed by atoms with Crippen molar-refractivity contribution < 1.29 is 14.7 Å². The monoisotopic (exact) mass is 298 g/mol. The van der Waals surface area contributed by atoms with E-state index in [0.717, 1.165) is 0 Å². The highest BCUT2D eigenvalue weighted by Gasteiger charge is 2.19. The fraction of sp³-hybridized carbons (Fsp3) is 0.571. The van der Waals surface area contributed by atoms with Crippen molar-refractivity contribution in [2.45, 2.75) is 27.7 Å². The molecule has 0 spiro atoms. The summed E-state index contributed by atoms with van der Waals surface area (Å²) in [5.41, 5.74) is 0.120. The number of hydrogen-bond acceptors (Lipinski definition) is 3. The van der Waals surface area contributed by atoms with Crippen LogP contribution in [0.5, 0.6) is 0 Å². The summed E-state index contributed by atoms with van der Waals surface area (Å²) in [4.78, 5) is 22.8. The van der Waals surface area contributed by atoms with Gasteiger partial charge in [-0.1, -0.05) is 27.7 Å². The molecule has 1 aromatic rings. The van der Waals surface area contributed by atoms with E-state index in [2.05, 4.69) is 38.3 Å². The molecule has 0 unspecified atom stereocenters. The van der Waals surface area contributed by atoms with Crippen LogP contribution in [0.4, 0.5) is 9.80 Å². The molecule has 0 saturated heterocycles. The Labute approximate surface area is 123 Å². The van der Waals surface area contributed by atoms with Crippen molar-refractivity contribution in [3.8, 4) is 0 Å². The molecule has 0 fully saturated rings. The number of rotatable bonds is 6. The van der Waals surface area contributed by atoms with Crippen molar-refractivity contribution >= 4 is 28.3 Å². The molecular formula is C14H22N2O3S. The number of urea groups is 1. The number of aromatic carboxylic acids is 1. The van der Waals surface area contributed by atoms with Crippen LogP contribution in [0.25, 0.3) is 0 Å². The zero-order chi connectivity index (χ0) is 15.3. The number of carbonyl (C=O) groups is 2. The van der Waals surface area contributed by atoms with Crippen molar-refractivity contribution in [2.75, 3.05) is 11.9 Å². The minimum atomic E-state index is -1.04. The number of carboxylic acid groups (broad SMARTS) is 1. The van der Waals surface area contributed by atoms with E-state index in [0.29, 0.717) is 29.3 Å². The van der Waals surface area contributed by atoms with Crippen molar-refractivity contribution in [3.05, 3.63) is 17.0 Å². The van der Waals surface area contributed by atoms with Crippen molar-refractivity contribution in [3.63, 3.8) is 0 Å². The van der Waals surface area contributed by atoms with Gasteiger partial charge in [0.05, 0.1) is 5.56 Å². The van der Waals surface area contributed by atoms with Gasteiger partial charge in [-0.3, -0.25) is 5.32 Å². The van der Waals surface area contributed by atoms with Crippen LogP contribution in [0.1, 0.15) is 38.1 Å². The molecule has 0 saturated carbocycles. The molecule has 0 aliphatic rings. The van der Waals surface area contributed by atoms with E-state index in [1.165, 1.54) is 17.4 Å². The average Bonchev–Trinajstić information content (AvgIpc) is 2.76. The molecule has 112 valence electrons. The second-order valence-corrected chi connectivity index (χ2v) is 6.37. The van der Waals surface area contributed by atoms with Crippen LogP contribution in [0.15, 0.2) is 11.4 Å². The Morgan fingerprint density at radius 3 is 2.35 bits per heavy atom. The van der Waals surface area contributed by atoms with Gasteiger partial charge in [0.2, 0.25) is 0 Å². The first-order valence-corrected chi connectivity index (χ1v) is 7.56. The van der Waals surface area contributed by atoms with Gasteiger partial charge >= 0.3 is 12.0 Å². The lowest BCUT2D eigenvalue weighted by Gasteiger charge is -2.25. The summed E-state index contributed by atoms with van der Waals surface area (Å²) in [6, 6.07) is 1.12. The number of anilines is 1. The maximum Gasteiger partial charge on any atom is 0.338 e. The highest BCUT2D eigenvalue weighted by Crippen LogP contribution is 2.23. The summed E-state index contributed by atoms with van der Waals surface area (Å²) < 4.78 is 0. The van der Waals surface area contributed by atoms with E-state index in [1.54, 1.807) is 5.38 Å². The molecule has 2 amide bonds. The summed E-state index contributed by atoms with van der Waals surface area (Å²) >= 11 is 1.20. The second kappa shape index (κ2) is 7.28. The van der Waals surface area contributed by atoms with Gasteiger partial charge < -0.3 is 10.4 Å². The van der Waals surface area contributed by atoms with Gasteiger partial charge in [0, 0.05) is 6.54 Å². The summed E-state index contributed by atoms with van der Waals surface area (Å²) in [7, 11) is 0. The topological polar surface area (TPSA) is 78.4 Å². The summed E-state index contributed by atoms with van der Waals surface area (Å²) in [6.07, 6.45) is 0. The predicted octanol–water partition coefficient (Wildman–Crippen LogP) is 3.50. The van der Waals surface area contributed by atoms with Crippen LogP contribution in [-0.4, -0.2) is 23.7 Å². The van der Waals surface area contributed by atoms with Gasteiger partial charge in [-0.2, -0.15) is 0 Å². The Balaban J connectivity index is 2.55. The Morgan fingerprint density at radius 2 is 1.85 bits per heavy atom. The molecule has 5 nitrogen and oxygen atoms in total. The lowest BCUT2D eigenvalue weighted by atomic mass is 9.85. The Bertz CT molecular complexity index is 461. The number of carboxylic acids is 1. The first kappa shape index (κ1) is 16.5. The van der Waals surface area contributed by atoms with Gasteiger partial charge in [0.25, 0.3) is 0 Å². The molecule has 20 heavy (non-hydrogen) atoms. The molecule has 0 radical (unpaired) electrons. The molecule has 6 heteroatoms. The number of nitrogens with one attached hydrogen (secondary N) is 2. The highest BCUT2D eigenvalue weighted by atomic mass is 32.1. The molecule has 0 aliphatic carbocycles. The van der Waals surface area contributed by atoms with Gasteiger partial charge in [0.1, 0.15) is 5.00 Å². The van der Waals surface area contributed by atoms with E-state index < -0.39 is 5.97 Å². The van der Waals surface area contributed by atoms with E-state index in [9.17, 15) is 9.59 Å². The predicted molar refractivity (Wildman–Crippen MR) is 81.5 cm³/mol. The van der Waals surface area contributed by atoms with E-state index in [4.69, 9.17) is 5.11 Å². The Kier molecular flexibility index (Phi) is 6.01. The summed E-state index contributed by atoms with van der Waals surface area (Å²) in [5, 5.41) is 16.4. The molecule has 0 aromatic carbocycles. The average molecular weight is 298 g/mol. The molecule has 0 atom stereocenters. The van der Waals surface area contributed by atoms with E-state index >= 15 is 0 Å². The van der Waals surface area contributed by atoms with Crippen LogP contribution in [-0.2, 0) is 0 Å². The SMILES string of the molecule is CC(C)C(CNC(=O)Nc1sccc1C(=O)O)C(C)C. The third kappa shape index (κ3) is 4.52. The maximum atomic E-state index is 11.8. The van der Waals surface area contributed by atoms with Crippen LogP contribution in [0.3, 0.4) is 0 Å². The standard InChI is InChI=1S/C14H22N2O3S/c1-8(2)11(9(3)4)7-15-14(19)16-12-10(13(17)18)5-6-20-12/h5-6,8-9,11H,7H2,1-4H3,(H,17,18)(H2,15,16,19). The number of amides is 2. The zero-order valence-electron chi connectivity index (χ0n) is 12.3. The smallest absolute Gasteiger partial charge is 0.338 e. The quantitative estimate of drug-likeness (QED) is 0.752. The number of hydrogen-bond donors (Lipinski definition) is 3. The molecule has 0 bridgehead atoms. The molecule has 1 aromatic heterocycles. The Hall–Kier alpha value is -1.56. The van der Waals surface area contributed by atoms with Crippen LogP contribution in [0, 0.1) is 17.8 Å². The van der Waals surface area contributed by atoms with Gasteiger partial charge in [-0.25, -0.2) is 9.59 Å². The summed E-state index contributed by atoms with van der Waals surface area (Å²) in [6.45, 7) is 9.10. The fourth-order valence-corrected chi connectivity index (χ4v) is 2.95. The minimum absolute atomic E-state index is 0.120. The third-order valence-electron chi connectivity index (χ3n) is 3.33. The minimum Gasteiger partial charge on any atom is -0.478 e. The van der Waals surface area contributed by atoms with Crippen molar-refractivity contribution in [1.29, 1.82) is 0 Å². The van der Waals surface area contributed by atoms with Crippen LogP contribution in [0.2, 0.25) is 0 Å². The van der Waals surface area contributed by atoms with Gasteiger partial charge in [-0.15, -0.1) is 11.3 Å². The second-order valence-electron chi connectivity index (χ2n) is 5.46. The molecule has 0 aliphatic heterocycles. The zero-order valence-corrected chi connectivity index (χ0v) is 13.1. The normalized spacial score (nSPS) is 11.2. The number of carbonyl (C=O) groups excluding carboxylic acids is 1. The molecule has 1 rings (SSSR count). The van der Waals surface area contributed by atoms with Crippen molar-refractivity contribution in [1.82, 2.24) is 5.32 Å². The largest absolute Gasteiger partial charge is 0.478 e. The van der Waals surface area contributed by atoms with E-state index in [1.807, 2.05) is 0 Å². The summed E-state index contributed by atoms with van der Waals surface area (Å²) in [5.74, 6) is 0.310. The maximum absolute atomic E-state index is 11.8. The highest BCUT2D eigenvalue weighted by molar-refractivity contribution is 7.14. The van der Waals surface area contributed by atoms with Crippen LogP contribution >= 0.6 is 11.3 Å². The van der Waals surface area contributed by atoms with Gasteiger partial charge in [-0.05, 0) is 29.2 Å². The first-order chi connectivity index (χ1) is 9.32. The van der Waals surface area contributed by atoms with Crippen molar-refractivity contribution in [2.24, 2.45) is 17.8 Å². The lowest BCUT2D eigenvalue weighted by molar-refractivity contribution is 0.0698. The number of thiophene rings is 1. The van der Waals surface area contributed by atoms with E-state index in [-0.39, 0.29) is 11.6 Å².